The number of terminal acetylenes is 1. The highest BCUT2D eigenvalue weighted by Crippen LogP contribution is 2.26. The van der Waals surface area contributed by atoms with Crippen LogP contribution in [0.1, 0.15) is 0 Å². The number of ether oxygens (including phenoxy) is 1. The molecule has 1 heterocycles. The number of aromatic hydroxyl groups is 1. The van der Waals surface area contributed by atoms with E-state index in [-0.39, 0.29) is 5.75 Å². The molecule has 0 saturated carbocycles. The standard InChI is InChI=1S/C16H9N3O2/c1-2-3-10-21-12-8-9-16(20)15(11-12)19-17-13-6-4-5-7-14(13)18-19/h1,4-9,11,20H. The molecule has 0 aliphatic rings. The molecule has 0 spiro atoms. The van der Waals surface area contributed by atoms with Crippen LogP contribution >= 0.6 is 0 Å². The number of phenols is 1. The Morgan fingerprint density at radius 2 is 1.81 bits per heavy atom. The molecule has 0 bridgehead atoms. The third kappa shape index (κ3) is 2.49. The maximum atomic E-state index is 9.96. The second-order valence-electron chi connectivity index (χ2n) is 4.10. The lowest BCUT2D eigenvalue weighted by molar-refractivity contribution is 0.463. The Kier molecular flexibility index (Phi) is 3.16. The predicted octanol–water partition coefficient (Wildman–Crippen LogP) is 2.10. The number of benzene rings is 2. The van der Waals surface area contributed by atoms with Crippen LogP contribution in [0, 0.1) is 24.4 Å². The molecule has 1 N–H and O–H groups in total. The highest BCUT2D eigenvalue weighted by Gasteiger charge is 2.10. The first-order chi connectivity index (χ1) is 10.3. The lowest BCUT2D eigenvalue weighted by atomic mass is 10.3. The van der Waals surface area contributed by atoms with Gasteiger partial charge < -0.3 is 9.84 Å². The van der Waals surface area contributed by atoms with E-state index in [4.69, 9.17) is 11.2 Å². The number of fused-ring (bicyclic) bond motifs is 1. The summed E-state index contributed by atoms with van der Waals surface area (Å²) in [5.41, 5.74) is 1.86. The summed E-state index contributed by atoms with van der Waals surface area (Å²) in [6.45, 7) is 0. The molecule has 0 atom stereocenters. The minimum Gasteiger partial charge on any atom is -0.506 e. The zero-order valence-corrected chi connectivity index (χ0v) is 10.8. The summed E-state index contributed by atoms with van der Waals surface area (Å²) in [4.78, 5) is 1.35. The first-order valence-corrected chi connectivity index (χ1v) is 6.06. The SMILES string of the molecule is C#CC#COc1ccc(O)c(-n2nc3ccccc3n2)c1. The van der Waals surface area contributed by atoms with Gasteiger partial charge in [-0.05, 0) is 30.2 Å². The number of phenolic OH excluding ortho intramolecular Hbond substituents is 1. The summed E-state index contributed by atoms with van der Waals surface area (Å²) in [5, 5.41) is 18.6. The monoisotopic (exact) mass is 275 g/mol. The molecule has 0 aliphatic heterocycles. The van der Waals surface area contributed by atoms with Crippen molar-refractivity contribution in [3.05, 3.63) is 42.5 Å². The van der Waals surface area contributed by atoms with Crippen LogP contribution in [-0.4, -0.2) is 20.1 Å². The molecule has 0 fully saturated rings. The second-order valence-corrected chi connectivity index (χ2v) is 4.10. The van der Waals surface area contributed by atoms with Crippen molar-refractivity contribution < 1.29 is 9.84 Å². The first-order valence-electron chi connectivity index (χ1n) is 6.06. The zero-order valence-electron chi connectivity index (χ0n) is 10.8. The fourth-order valence-electron chi connectivity index (χ4n) is 1.81. The van der Waals surface area contributed by atoms with Gasteiger partial charge in [0.25, 0.3) is 0 Å². The first kappa shape index (κ1) is 12.6. The number of rotatable bonds is 2. The van der Waals surface area contributed by atoms with Gasteiger partial charge in [-0.15, -0.1) is 21.4 Å². The van der Waals surface area contributed by atoms with E-state index in [2.05, 4.69) is 28.1 Å². The van der Waals surface area contributed by atoms with E-state index in [1.54, 1.807) is 12.1 Å². The summed E-state index contributed by atoms with van der Waals surface area (Å²) in [6, 6.07) is 12.1. The molecule has 21 heavy (non-hydrogen) atoms. The third-order valence-corrected chi connectivity index (χ3v) is 2.74. The Morgan fingerprint density at radius 1 is 1.10 bits per heavy atom. The van der Waals surface area contributed by atoms with Crippen LogP contribution in [0.3, 0.4) is 0 Å². The van der Waals surface area contributed by atoms with E-state index in [1.165, 1.54) is 10.9 Å². The van der Waals surface area contributed by atoms with E-state index in [0.717, 1.165) is 11.0 Å². The highest BCUT2D eigenvalue weighted by atomic mass is 16.5. The molecule has 2 aromatic carbocycles. The van der Waals surface area contributed by atoms with Crippen LogP contribution in [0.15, 0.2) is 42.5 Å². The average molecular weight is 275 g/mol. The van der Waals surface area contributed by atoms with Crippen molar-refractivity contribution in [3.8, 4) is 41.6 Å². The molecular formula is C16H9N3O2. The van der Waals surface area contributed by atoms with Crippen molar-refractivity contribution in [2.24, 2.45) is 0 Å². The molecule has 0 aliphatic carbocycles. The number of aromatic nitrogens is 3. The van der Waals surface area contributed by atoms with Crippen molar-refractivity contribution in [1.29, 1.82) is 0 Å². The molecule has 5 nitrogen and oxygen atoms in total. The van der Waals surface area contributed by atoms with Crippen molar-refractivity contribution in [2.45, 2.75) is 0 Å². The Hall–Kier alpha value is -3.44. The number of hydrogen-bond donors (Lipinski definition) is 1. The summed E-state index contributed by atoms with van der Waals surface area (Å²) >= 11 is 0. The van der Waals surface area contributed by atoms with Crippen LogP contribution in [0.4, 0.5) is 0 Å². The third-order valence-electron chi connectivity index (χ3n) is 2.74. The smallest absolute Gasteiger partial charge is 0.143 e. The minimum atomic E-state index is 0.0348. The molecule has 3 aromatic rings. The summed E-state index contributed by atoms with van der Waals surface area (Å²) in [7, 11) is 0. The van der Waals surface area contributed by atoms with Crippen molar-refractivity contribution in [1.82, 2.24) is 15.0 Å². The number of hydrogen-bond acceptors (Lipinski definition) is 4. The fourth-order valence-corrected chi connectivity index (χ4v) is 1.81. The van der Waals surface area contributed by atoms with E-state index >= 15 is 0 Å². The Labute approximate surface area is 120 Å². The van der Waals surface area contributed by atoms with Gasteiger partial charge in [0.1, 0.15) is 34.3 Å². The molecule has 0 saturated heterocycles. The van der Waals surface area contributed by atoms with Crippen LogP contribution in [0.2, 0.25) is 0 Å². The highest BCUT2D eigenvalue weighted by molar-refractivity contribution is 5.73. The Morgan fingerprint density at radius 3 is 2.48 bits per heavy atom. The van der Waals surface area contributed by atoms with Crippen LogP contribution < -0.4 is 4.74 Å². The van der Waals surface area contributed by atoms with Crippen LogP contribution in [0.25, 0.3) is 16.7 Å². The van der Waals surface area contributed by atoms with Crippen molar-refractivity contribution >= 4 is 11.0 Å². The number of nitrogens with zero attached hydrogens (tertiary/aromatic N) is 3. The van der Waals surface area contributed by atoms with Gasteiger partial charge in [0.05, 0.1) is 0 Å². The van der Waals surface area contributed by atoms with Gasteiger partial charge in [-0.2, -0.15) is 0 Å². The zero-order chi connectivity index (χ0) is 14.7. The molecule has 0 unspecified atom stereocenters. The largest absolute Gasteiger partial charge is 0.506 e. The van der Waals surface area contributed by atoms with Gasteiger partial charge in [0.15, 0.2) is 0 Å². The van der Waals surface area contributed by atoms with E-state index < -0.39 is 0 Å². The lowest BCUT2D eigenvalue weighted by Gasteiger charge is -2.04. The maximum Gasteiger partial charge on any atom is 0.143 e. The molecule has 5 heteroatoms. The quantitative estimate of drug-likeness (QED) is 0.728. The van der Waals surface area contributed by atoms with Gasteiger partial charge in [0.2, 0.25) is 0 Å². The van der Waals surface area contributed by atoms with Crippen molar-refractivity contribution in [2.75, 3.05) is 0 Å². The Bertz CT molecular complexity index is 877. The van der Waals surface area contributed by atoms with Crippen LogP contribution in [-0.2, 0) is 0 Å². The molecule has 3 rings (SSSR count). The van der Waals surface area contributed by atoms with E-state index in [9.17, 15) is 5.11 Å². The molecule has 0 amide bonds. The van der Waals surface area contributed by atoms with Gasteiger partial charge in [-0.1, -0.05) is 12.1 Å². The van der Waals surface area contributed by atoms with Gasteiger partial charge in [0, 0.05) is 12.0 Å². The maximum absolute atomic E-state index is 9.96. The van der Waals surface area contributed by atoms with Crippen molar-refractivity contribution in [3.63, 3.8) is 0 Å². The molecule has 0 radical (unpaired) electrons. The lowest BCUT2D eigenvalue weighted by Crippen LogP contribution is -1.99. The van der Waals surface area contributed by atoms with E-state index in [0.29, 0.717) is 11.4 Å². The minimum absolute atomic E-state index is 0.0348. The Balaban J connectivity index is 2.04. The molecule has 1 aromatic heterocycles. The van der Waals surface area contributed by atoms with E-state index in [1.807, 2.05) is 24.3 Å². The fraction of sp³-hybridized carbons (Fsp3) is 0. The average Bonchev–Trinajstić information content (AvgIpc) is 2.93. The van der Waals surface area contributed by atoms with Gasteiger partial charge in [-0.3, -0.25) is 0 Å². The predicted molar refractivity (Wildman–Crippen MR) is 77.8 cm³/mol. The summed E-state index contributed by atoms with van der Waals surface area (Å²) in [5.74, 6) is 4.97. The van der Waals surface area contributed by atoms with Gasteiger partial charge in [-0.25, -0.2) is 0 Å². The normalized spacial score (nSPS) is 9.67. The molecule has 100 valence electrons. The second kappa shape index (κ2) is 5.28. The summed E-state index contributed by atoms with van der Waals surface area (Å²) < 4.78 is 5.15. The van der Waals surface area contributed by atoms with Gasteiger partial charge >= 0.3 is 0 Å². The topological polar surface area (TPSA) is 60.2 Å². The van der Waals surface area contributed by atoms with Crippen LogP contribution in [0.5, 0.6) is 11.5 Å². The molecular weight excluding hydrogens is 266 g/mol. The summed E-state index contributed by atoms with van der Waals surface area (Å²) in [6.07, 6.45) is 7.37.